The van der Waals surface area contributed by atoms with Gasteiger partial charge in [0.25, 0.3) is 0 Å². The van der Waals surface area contributed by atoms with Gasteiger partial charge in [0, 0.05) is 36.3 Å². The number of sulfonamides is 1. The predicted octanol–water partition coefficient (Wildman–Crippen LogP) is 3.27. The van der Waals surface area contributed by atoms with E-state index in [4.69, 9.17) is 11.6 Å². The molecular formula is C18H24ClN3O3S2. The third-order valence-corrected chi connectivity index (χ3v) is 7.68. The minimum absolute atomic E-state index is 0.0484. The lowest BCUT2D eigenvalue weighted by Gasteiger charge is -2.34. The number of aryl methyl sites for hydroxylation is 1. The molecule has 9 heteroatoms. The molecule has 6 nitrogen and oxygen atoms in total. The van der Waals surface area contributed by atoms with Gasteiger partial charge in [0.05, 0.1) is 11.9 Å². The molecular weight excluding hydrogens is 406 g/mol. The molecule has 0 aromatic heterocycles. The lowest BCUT2D eigenvalue weighted by Crippen LogP contribution is -2.47. The van der Waals surface area contributed by atoms with Crippen molar-refractivity contribution in [2.75, 3.05) is 31.6 Å². The summed E-state index contributed by atoms with van der Waals surface area (Å²) in [4.78, 5) is 19.5. The second-order valence-corrected chi connectivity index (χ2v) is 10.4. The Hall–Kier alpha value is -1.09. The van der Waals surface area contributed by atoms with Crippen molar-refractivity contribution in [3.8, 4) is 0 Å². The van der Waals surface area contributed by atoms with Crippen molar-refractivity contribution in [3.05, 3.63) is 28.8 Å². The number of rotatable bonds is 3. The van der Waals surface area contributed by atoms with Crippen LogP contribution in [-0.2, 0) is 14.8 Å². The number of thioether (sulfide) groups is 1. The van der Waals surface area contributed by atoms with Crippen molar-refractivity contribution < 1.29 is 13.2 Å². The van der Waals surface area contributed by atoms with Gasteiger partial charge in [0.2, 0.25) is 15.9 Å². The van der Waals surface area contributed by atoms with Gasteiger partial charge in [-0.3, -0.25) is 9.69 Å². The number of carbonyl (C=O) groups is 1. The summed E-state index contributed by atoms with van der Waals surface area (Å²) in [6.07, 6.45) is 3.24. The maximum Gasteiger partial charge on any atom is 0.231 e. The molecule has 1 aromatic carbocycles. The van der Waals surface area contributed by atoms with Crippen molar-refractivity contribution in [2.24, 2.45) is 10.9 Å². The molecule has 0 saturated carbocycles. The van der Waals surface area contributed by atoms with Crippen LogP contribution in [0.2, 0.25) is 5.02 Å². The number of amidine groups is 1. The number of aliphatic imine (C=N–C) groups is 1. The Bertz CT molecular complexity index is 849. The summed E-state index contributed by atoms with van der Waals surface area (Å²) in [5, 5.41) is 1.36. The molecule has 2 aliphatic heterocycles. The Labute approximate surface area is 170 Å². The van der Waals surface area contributed by atoms with Gasteiger partial charge < -0.3 is 0 Å². The smallest absolute Gasteiger partial charge is 0.231 e. The fourth-order valence-electron chi connectivity index (χ4n) is 3.27. The van der Waals surface area contributed by atoms with Crippen LogP contribution in [0.1, 0.15) is 24.8 Å². The normalized spacial score (nSPS) is 21.6. The number of piperidine rings is 1. The molecule has 0 spiro atoms. The Morgan fingerprint density at radius 3 is 2.59 bits per heavy atom. The Balaban J connectivity index is 1.74. The Morgan fingerprint density at radius 1 is 1.26 bits per heavy atom. The number of carbonyl (C=O) groups excluding carboxylic acids is 1. The molecule has 2 fully saturated rings. The molecule has 0 aliphatic carbocycles. The predicted molar refractivity (Wildman–Crippen MR) is 111 cm³/mol. The third-order valence-electron chi connectivity index (χ3n) is 4.91. The topological polar surface area (TPSA) is 70.1 Å². The quantitative estimate of drug-likeness (QED) is 0.739. The molecule has 27 heavy (non-hydrogen) atoms. The zero-order valence-electron chi connectivity index (χ0n) is 15.5. The highest BCUT2D eigenvalue weighted by atomic mass is 35.5. The van der Waals surface area contributed by atoms with E-state index in [-0.39, 0.29) is 11.8 Å². The van der Waals surface area contributed by atoms with Crippen LogP contribution in [0, 0.1) is 12.8 Å². The summed E-state index contributed by atoms with van der Waals surface area (Å²) in [6, 6.07) is 5.63. The number of nitrogens with zero attached hydrogens (tertiary/aromatic N) is 3. The molecule has 2 aliphatic rings. The highest BCUT2D eigenvalue weighted by molar-refractivity contribution is 8.13. The maximum absolute atomic E-state index is 13.1. The van der Waals surface area contributed by atoms with Crippen molar-refractivity contribution in [2.45, 2.75) is 26.2 Å². The number of hydrogen-bond donors (Lipinski definition) is 0. The lowest BCUT2D eigenvalue weighted by atomic mass is 9.96. The molecule has 1 amide bonds. The second kappa shape index (κ2) is 8.51. The molecule has 3 rings (SSSR count). The van der Waals surface area contributed by atoms with Crippen LogP contribution >= 0.6 is 23.4 Å². The molecule has 0 atom stereocenters. The van der Waals surface area contributed by atoms with Crippen molar-refractivity contribution >= 4 is 50.1 Å². The largest absolute Gasteiger partial charge is 0.291 e. The van der Waals surface area contributed by atoms with E-state index in [1.165, 1.54) is 10.6 Å². The lowest BCUT2D eigenvalue weighted by molar-refractivity contribution is -0.132. The highest BCUT2D eigenvalue weighted by Crippen LogP contribution is 2.29. The van der Waals surface area contributed by atoms with Gasteiger partial charge >= 0.3 is 0 Å². The van der Waals surface area contributed by atoms with Crippen LogP contribution in [0.15, 0.2) is 23.2 Å². The van der Waals surface area contributed by atoms with E-state index in [0.717, 1.165) is 23.4 Å². The maximum atomic E-state index is 13.1. The zero-order chi connectivity index (χ0) is 19.6. The number of amides is 1. The molecule has 148 valence electrons. The Kier molecular flexibility index (Phi) is 6.50. The number of benzene rings is 1. The van der Waals surface area contributed by atoms with Crippen LogP contribution in [0.25, 0.3) is 0 Å². The van der Waals surface area contributed by atoms with E-state index >= 15 is 0 Å². The fourth-order valence-corrected chi connectivity index (χ4v) is 5.29. The van der Waals surface area contributed by atoms with E-state index in [1.54, 1.807) is 16.7 Å². The van der Waals surface area contributed by atoms with Gasteiger partial charge in [0.15, 0.2) is 5.17 Å². The van der Waals surface area contributed by atoms with Crippen molar-refractivity contribution in [1.29, 1.82) is 0 Å². The Morgan fingerprint density at radius 2 is 1.96 bits per heavy atom. The van der Waals surface area contributed by atoms with Crippen LogP contribution < -0.4 is 0 Å². The van der Waals surface area contributed by atoms with E-state index in [1.807, 2.05) is 25.1 Å². The fraction of sp³-hybridized carbons (Fsp3) is 0.556. The average molecular weight is 430 g/mol. The van der Waals surface area contributed by atoms with Gasteiger partial charge in [-0.15, -0.1) is 0 Å². The highest BCUT2D eigenvalue weighted by Gasteiger charge is 2.34. The van der Waals surface area contributed by atoms with E-state index in [2.05, 4.69) is 4.99 Å². The second-order valence-electron chi connectivity index (χ2n) is 6.96. The molecule has 1 aromatic rings. The minimum atomic E-state index is -3.19. The first-order chi connectivity index (χ1) is 12.8. The van der Waals surface area contributed by atoms with Gasteiger partial charge in [0.1, 0.15) is 0 Å². The first kappa shape index (κ1) is 20.6. The summed E-state index contributed by atoms with van der Waals surface area (Å²) < 4.78 is 24.8. The minimum Gasteiger partial charge on any atom is -0.291 e. The average Bonchev–Trinajstić information content (AvgIpc) is 2.64. The number of halogens is 1. The number of hydrogen-bond acceptors (Lipinski definition) is 5. The van der Waals surface area contributed by atoms with E-state index in [9.17, 15) is 13.2 Å². The van der Waals surface area contributed by atoms with Crippen LogP contribution in [0.3, 0.4) is 0 Å². The van der Waals surface area contributed by atoms with Crippen LogP contribution in [-0.4, -0.2) is 60.3 Å². The first-order valence-electron chi connectivity index (χ1n) is 9.00. The van der Waals surface area contributed by atoms with Crippen molar-refractivity contribution in [1.82, 2.24) is 9.21 Å². The molecule has 2 heterocycles. The molecule has 0 bridgehead atoms. The molecule has 0 radical (unpaired) electrons. The summed E-state index contributed by atoms with van der Waals surface area (Å²) >= 11 is 7.77. The van der Waals surface area contributed by atoms with Gasteiger partial charge in [-0.05, 0) is 43.9 Å². The first-order valence-corrected chi connectivity index (χ1v) is 12.2. The van der Waals surface area contributed by atoms with Gasteiger partial charge in [-0.2, -0.15) is 0 Å². The SMILES string of the molecule is Cc1ccc(N=C2SCCCN2C(=O)C2CCN(S(C)(=O)=O)CC2)cc1Cl. The van der Waals surface area contributed by atoms with Crippen molar-refractivity contribution in [3.63, 3.8) is 0 Å². The van der Waals surface area contributed by atoms with Crippen LogP contribution in [0.4, 0.5) is 5.69 Å². The third kappa shape index (κ3) is 5.04. The monoisotopic (exact) mass is 429 g/mol. The molecule has 2 saturated heterocycles. The summed E-state index contributed by atoms with van der Waals surface area (Å²) in [5.41, 5.74) is 1.72. The van der Waals surface area contributed by atoms with Crippen LogP contribution in [0.5, 0.6) is 0 Å². The summed E-state index contributed by atoms with van der Waals surface area (Å²) in [6.45, 7) is 3.39. The zero-order valence-corrected chi connectivity index (χ0v) is 17.9. The van der Waals surface area contributed by atoms with E-state index in [0.29, 0.717) is 42.7 Å². The summed E-state index contributed by atoms with van der Waals surface area (Å²) in [5.74, 6) is 0.815. The standard InChI is InChI=1S/C18H24ClN3O3S2/c1-13-4-5-15(12-16(13)19)20-18-22(8-3-11-26-18)17(23)14-6-9-21(10-7-14)27(2,24)25/h4-5,12,14H,3,6-11H2,1-2H3. The van der Waals surface area contributed by atoms with E-state index < -0.39 is 10.0 Å². The summed E-state index contributed by atoms with van der Waals surface area (Å²) in [7, 11) is -3.19. The van der Waals surface area contributed by atoms with Gasteiger partial charge in [-0.25, -0.2) is 17.7 Å². The van der Waals surface area contributed by atoms with Gasteiger partial charge in [-0.1, -0.05) is 29.4 Å². The molecule has 0 N–H and O–H groups in total. The molecule has 0 unspecified atom stereocenters.